The maximum atomic E-state index is 12.4. The Labute approximate surface area is 108 Å². The molecular formula is C12H19N3O2S. The van der Waals surface area contributed by atoms with Gasteiger partial charge in [-0.25, -0.2) is 8.42 Å². The van der Waals surface area contributed by atoms with Crippen LogP contribution < -0.4 is 5.73 Å². The first-order chi connectivity index (χ1) is 8.55. The van der Waals surface area contributed by atoms with Crippen LogP contribution in [0.15, 0.2) is 23.2 Å². The van der Waals surface area contributed by atoms with E-state index >= 15 is 0 Å². The number of sulfonamides is 1. The van der Waals surface area contributed by atoms with Gasteiger partial charge in [0.25, 0.3) is 0 Å². The van der Waals surface area contributed by atoms with Gasteiger partial charge in [0.2, 0.25) is 10.0 Å². The highest BCUT2D eigenvalue weighted by atomic mass is 32.2. The van der Waals surface area contributed by atoms with E-state index < -0.39 is 10.0 Å². The zero-order valence-electron chi connectivity index (χ0n) is 10.5. The molecule has 0 bridgehead atoms. The van der Waals surface area contributed by atoms with Crippen LogP contribution in [0, 0.1) is 0 Å². The van der Waals surface area contributed by atoms with Crippen LogP contribution in [0.2, 0.25) is 0 Å². The summed E-state index contributed by atoms with van der Waals surface area (Å²) in [6.45, 7) is 0.318. The van der Waals surface area contributed by atoms with E-state index in [0.717, 1.165) is 25.7 Å². The lowest BCUT2D eigenvalue weighted by Crippen LogP contribution is -2.35. The zero-order valence-corrected chi connectivity index (χ0v) is 11.4. The van der Waals surface area contributed by atoms with Crippen molar-refractivity contribution >= 4 is 10.0 Å². The molecule has 1 aromatic rings. The van der Waals surface area contributed by atoms with Crippen LogP contribution in [-0.4, -0.2) is 30.8 Å². The van der Waals surface area contributed by atoms with Crippen LogP contribution in [0.3, 0.4) is 0 Å². The van der Waals surface area contributed by atoms with Crippen molar-refractivity contribution in [3.05, 3.63) is 24.0 Å². The van der Waals surface area contributed by atoms with Gasteiger partial charge in [0, 0.05) is 25.8 Å². The Morgan fingerprint density at radius 1 is 1.39 bits per heavy atom. The molecule has 1 aromatic heterocycles. The summed E-state index contributed by atoms with van der Waals surface area (Å²) in [5.41, 5.74) is 6.14. The quantitative estimate of drug-likeness (QED) is 0.888. The van der Waals surface area contributed by atoms with Gasteiger partial charge in [-0.15, -0.1) is 0 Å². The molecule has 1 heterocycles. The van der Waals surface area contributed by atoms with E-state index in [9.17, 15) is 8.42 Å². The van der Waals surface area contributed by atoms with E-state index in [-0.39, 0.29) is 10.9 Å². The second-order valence-electron chi connectivity index (χ2n) is 4.65. The van der Waals surface area contributed by atoms with Gasteiger partial charge < -0.3 is 5.73 Å². The summed E-state index contributed by atoms with van der Waals surface area (Å²) in [5, 5.41) is 0. The van der Waals surface area contributed by atoms with Crippen molar-refractivity contribution in [1.29, 1.82) is 0 Å². The van der Waals surface area contributed by atoms with Gasteiger partial charge in [0.05, 0.1) is 5.69 Å². The second kappa shape index (κ2) is 5.34. The van der Waals surface area contributed by atoms with Crippen LogP contribution in [0.4, 0.5) is 0 Å². The fraction of sp³-hybridized carbons (Fsp3) is 0.583. The van der Waals surface area contributed by atoms with E-state index in [1.54, 1.807) is 19.2 Å². The Balaban J connectivity index is 2.23. The highest BCUT2D eigenvalue weighted by Gasteiger charge is 2.30. The van der Waals surface area contributed by atoms with Gasteiger partial charge in [-0.3, -0.25) is 4.98 Å². The molecule has 1 fully saturated rings. The van der Waals surface area contributed by atoms with Gasteiger partial charge in [-0.2, -0.15) is 4.31 Å². The summed E-state index contributed by atoms with van der Waals surface area (Å²) in [7, 11) is -1.76. The molecule has 100 valence electrons. The zero-order chi connectivity index (χ0) is 13.2. The molecule has 1 aliphatic carbocycles. The summed E-state index contributed by atoms with van der Waals surface area (Å²) in [6.07, 6.45) is 5.50. The molecule has 0 aromatic carbocycles. The predicted octanol–water partition coefficient (Wildman–Crippen LogP) is 1.10. The molecule has 2 rings (SSSR count). The summed E-state index contributed by atoms with van der Waals surface area (Å²) in [5.74, 6) is 0. The monoisotopic (exact) mass is 269 g/mol. The third-order valence-electron chi connectivity index (χ3n) is 3.52. The Hall–Kier alpha value is -0.980. The van der Waals surface area contributed by atoms with Crippen LogP contribution in [-0.2, 0) is 16.6 Å². The summed E-state index contributed by atoms with van der Waals surface area (Å²) in [6, 6.07) is 3.37. The fourth-order valence-electron chi connectivity index (χ4n) is 2.31. The maximum absolute atomic E-state index is 12.4. The number of aromatic nitrogens is 1. The summed E-state index contributed by atoms with van der Waals surface area (Å²) >= 11 is 0. The highest BCUT2D eigenvalue weighted by Crippen LogP contribution is 2.26. The molecule has 2 N–H and O–H groups in total. The Bertz CT molecular complexity index is 493. The van der Waals surface area contributed by atoms with Gasteiger partial charge in [0.15, 0.2) is 0 Å². The van der Waals surface area contributed by atoms with Gasteiger partial charge in [0.1, 0.15) is 4.90 Å². The first-order valence-electron chi connectivity index (χ1n) is 6.18. The van der Waals surface area contributed by atoms with E-state index in [1.807, 2.05) is 0 Å². The average molecular weight is 269 g/mol. The molecule has 1 aliphatic rings. The lowest BCUT2D eigenvalue weighted by atomic mass is 10.3. The summed E-state index contributed by atoms with van der Waals surface area (Å²) in [4.78, 5) is 4.29. The largest absolute Gasteiger partial charge is 0.325 e. The standard InChI is InChI=1S/C12H19N3O2S/c1-15(11-4-2-3-5-11)18(16,17)12-7-6-10(8-13)14-9-12/h6-7,9,11H,2-5,8,13H2,1H3. The van der Waals surface area contributed by atoms with E-state index in [0.29, 0.717) is 12.2 Å². The molecule has 6 heteroatoms. The van der Waals surface area contributed by atoms with Crippen molar-refractivity contribution in [3.63, 3.8) is 0 Å². The Kier molecular flexibility index (Phi) is 3.99. The maximum Gasteiger partial charge on any atom is 0.244 e. The fourth-order valence-corrected chi connectivity index (χ4v) is 3.68. The molecule has 0 atom stereocenters. The minimum atomic E-state index is -3.42. The van der Waals surface area contributed by atoms with Gasteiger partial charge in [-0.05, 0) is 25.0 Å². The SMILES string of the molecule is CN(C1CCCC1)S(=O)(=O)c1ccc(CN)nc1. The lowest BCUT2D eigenvalue weighted by molar-refractivity contribution is 0.373. The number of nitrogens with two attached hydrogens (primary N) is 1. The van der Waals surface area contributed by atoms with Crippen LogP contribution in [0.25, 0.3) is 0 Å². The number of nitrogens with zero attached hydrogens (tertiary/aromatic N) is 2. The summed E-state index contributed by atoms with van der Waals surface area (Å²) < 4.78 is 26.2. The van der Waals surface area contributed by atoms with Crippen molar-refractivity contribution in [2.75, 3.05) is 7.05 Å². The van der Waals surface area contributed by atoms with Crippen LogP contribution in [0.1, 0.15) is 31.4 Å². The molecular weight excluding hydrogens is 250 g/mol. The highest BCUT2D eigenvalue weighted by molar-refractivity contribution is 7.89. The van der Waals surface area contributed by atoms with Crippen LogP contribution in [0.5, 0.6) is 0 Å². The van der Waals surface area contributed by atoms with Crippen molar-refractivity contribution in [2.45, 2.75) is 43.2 Å². The molecule has 1 saturated carbocycles. The van der Waals surface area contributed by atoms with E-state index in [2.05, 4.69) is 4.98 Å². The lowest BCUT2D eigenvalue weighted by Gasteiger charge is -2.23. The molecule has 0 radical (unpaired) electrons. The molecule has 0 unspecified atom stereocenters. The van der Waals surface area contributed by atoms with Gasteiger partial charge in [-0.1, -0.05) is 12.8 Å². The first kappa shape index (κ1) is 13.5. The Morgan fingerprint density at radius 3 is 2.56 bits per heavy atom. The normalized spacial score (nSPS) is 17.5. The number of pyridine rings is 1. The van der Waals surface area contributed by atoms with E-state index in [4.69, 9.17) is 5.73 Å². The smallest absolute Gasteiger partial charge is 0.244 e. The second-order valence-corrected chi connectivity index (χ2v) is 6.65. The minimum absolute atomic E-state index is 0.129. The molecule has 0 spiro atoms. The number of rotatable bonds is 4. The third-order valence-corrected chi connectivity index (χ3v) is 5.42. The van der Waals surface area contributed by atoms with E-state index in [1.165, 1.54) is 10.5 Å². The minimum Gasteiger partial charge on any atom is -0.325 e. The predicted molar refractivity (Wildman–Crippen MR) is 69.3 cm³/mol. The molecule has 0 aliphatic heterocycles. The van der Waals surface area contributed by atoms with Gasteiger partial charge >= 0.3 is 0 Å². The van der Waals surface area contributed by atoms with Crippen molar-refractivity contribution in [3.8, 4) is 0 Å². The topological polar surface area (TPSA) is 76.3 Å². The number of hydrogen-bond acceptors (Lipinski definition) is 4. The molecule has 18 heavy (non-hydrogen) atoms. The van der Waals surface area contributed by atoms with Crippen molar-refractivity contribution in [1.82, 2.24) is 9.29 Å². The van der Waals surface area contributed by atoms with Crippen molar-refractivity contribution in [2.24, 2.45) is 5.73 Å². The first-order valence-corrected chi connectivity index (χ1v) is 7.62. The molecule has 0 amide bonds. The molecule has 0 saturated heterocycles. The third kappa shape index (κ3) is 2.55. The Morgan fingerprint density at radius 2 is 2.06 bits per heavy atom. The molecule has 5 nitrogen and oxygen atoms in total. The average Bonchev–Trinajstić information content (AvgIpc) is 2.91. The number of hydrogen-bond donors (Lipinski definition) is 1. The van der Waals surface area contributed by atoms with Crippen LogP contribution >= 0.6 is 0 Å². The van der Waals surface area contributed by atoms with Crippen molar-refractivity contribution < 1.29 is 8.42 Å².